The van der Waals surface area contributed by atoms with Gasteiger partial charge in [-0.2, -0.15) is 0 Å². The van der Waals surface area contributed by atoms with Crippen LogP contribution in [0.3, 0.4) is 0 Å². The number of carboxylic acids is 1. The van der Waals surface area contributed by atoms with Crippen LogP contribution in [0.4, 0.5) is 4.79 Å². The number of carbonyl (C=O) groups is 3. The van der Waals surface area contributed by atoms with Crippen LogP contribution in [0.1, 0.15) is 75.7 Å². The van der Waals surface area contributed by atoms with Crippen LogP contribution in [-0.2, 0) is 19.0 Å². The second-order valence-electron chi connectivity index (χ2n) is 14.4. The monoisotopic (exact) mass is 642 g/mol. The van der Waals surface area contributed by atoms with Crippen molar-refractivity contribution < 1.29 is 38.8 Å². The number of aliphatic hydroxyl groups excluding tert-OH is 1. The summed E-state index contributed by atoms with van der Waals surface area (Å²) >= 11 is 0. The average molecular weight is 643 g/mol. The average Bonchev–Trinajstić information content (AvgIpc) is 3.64. The van der Waals surface area contributed by atoms with Gasteiger partial charge in [-0.1, -0.05) is 6.92 Å². The SMILES string of the molecule is Cc1cc(C(=O)NC[C@H](O)C[C@H]2CC[C@H](C)[C@](CCN3CCOC[C@@]34CCN(C(=O)OC(C)(C)C)C4)(C(=O)O)O2)cc2cc[nH]c12. The maximum Gasteiger partial charge on any atom is 0.410 e. The first-order chi connectivity index (χ1) is 21.7. The third-order valence-electron chi connectivity index (χ3n) is 9.89. The van der Waals surface area contributed by atoms with E-state index < -0.39 is 34.9 Å². The molecule has 3 fully saturated rings. The number of nitrogens with zero attached hydrogens (tertiary/aromatic N) is 2. The van der Waals surface area contributed by atoms with Crippen LogP contribution in [0.15, 0.2) is 24.4 Å². The van der Waals surface area contributed by atoms with Crippen molar-refractivity contribution in [2.75, 3.05) is 45.9 Å². The lowest BCUT2D eigenvalue weighted by Crippen LogP contribution is -2.61. The predicted octanol–water partition coefficient (Wildman–Crippen LogP) is 3.70. The number of carboxylic acid groups (broad SMARTS) is 1. The third kappa shape index (κ3) is 7.35. The molecule has 5 rings (SSSR count). The number of rotatable bonds is 9. The smallest absolute Gasteiger partial charge is 0.410 e. The van der Waals surface area contributed by atoms with Crippen LogP contribution < -0.4 is 5.32 Å². The van der Waals surface area contributed by atoms with Gasteiger partial charge < -0.3 is 39.6 Å². The maximum absolute atomic E-state index is 12.9. The molecular formula is C34H50N4O8. The van der Waals surface area contributed by atoms with E-state index in [-0.39, 0.29) is 37.3 Å². The Hall–Kier alpha value is -3.19. The summed E-state index contributed by atoms with van der Waals surface area (Å²) < 4.78 is 17.9. The summed E-state index contributed by atoms with van der Waals surface area (Å²) in [5, 5.41) is 25.2. The molecule has 1 aromatic heterocycles. The molecule has 3 aliphatic heterocycles. The normalized spacial score (nSPS) is 28.0. The number of aliphatic carboxylic acids is 1. The molecular weight excluding hydrogens is 592 g/mol. The zero-order chi connectivity index (χ0) is 33.3. The van der Waals surface area contributed by atoms with Gasteiger partial charge in [-0.15, -0.1) is 0 Å². The predicted molar refractivity (Wildman–Crippen MR) is 172 cm³/mol. The number of aryl methyl sites for hydroxylation is 1. The van der Waals surface area contributed by atoms with E-state index in [1.54, 1.807) is 4.90 Å². The minimum Gasteiger partial charge on any atom is -0.479 e. The van der Waals surface area contributed by atoms with Gasteiger partial charge in [0.05, 0.1) is 31.0 Å². The van der Waals surface area contributed by atoms with E-state index in [2.05, 4.69) is 15.2 Å². The van der Waals surface area contributed by atoms with Crippen molar-refractivity contribution in [1.29, 1.82) is 0 Å². The lowest BCUT2D eigenvalue weighted by atomic mass is 9.78. The highest BCUT2D eigenvalue weighted by molar-refractivity contribution is 5.99. The first-order valence-electron chi connectivity index (χ1n) is 16.5. The van der Waals surface area contributed by atoms with Gasteiger partial charge >= 0.3 is 12.1 Å². The van der Waals surface area contributed by atoms with Crippen LogP contribution in [0, 0.1) is 12.8 Å². The van der Waals surface area contributed by atoms with E-state index in [9.17, 15) is 24.6 Å². The van der Waals surface area contributed by atoms with Gasteiger partial charge in [0.15, 0.2) is 5.60 Å². The molecule has 46 heavy (non-hydrogen) atoms. The van der Waals surface area contributed by atoms with Crippen LogP contribution in [-0.4, -0.2) is 118 Å². The molecule has 12 heteroatoms. The Labute approximate surface area is 270 Å². The zero-order valence-electron chi connectivity index (χ0n) is 27.8. The van der Waals surface area contributed by atoms with Crippen molar-refractivity contribution in [3.8, 4) is 0 Å². The fraction of sp³-hybridized carbons (Fsp3) is 0.676. The zero-order valence-corrected chi connectivity index (χ0v) is 27.8. The molecule has 3 aliphatic rings. The fourth-order valence-corrected chi connectivity index (χ4v) is 7.30. The number of morpholine rings is 1. The number of aromatic amines is 1. The summed E-state index contributed by atoms with van der Waals surface area (Å²) in [4.78, 5) is 45.7. The van der Waals surface area contributed by atoms with Crippen molar-refractivity contribution in [1.82, 2.24) is 20.1 Å². The molecule has 3 saturated heterocycles. The van der Waals surface area contributed by atoms with Gasteiger partial charge in [-0.05, 0) is 76.6 Å². The largest absolute Gasteiger partial charge is 0.479 e. The molecule has 0 radical (unpaired) electrons. The quantitative estimate of drug-likeness (QED) is 0.321. The summed E-state index contributed by atoms with van der Waals surface area (Å²) in [5.74, 6) is -1.52. The van der Waals surface area contributed by atoms with Gasteiger partial charge in [-0.3, -0.25) is 9.69 Å². The first kappa shape index (κ1) is 34.2. The van der Waals surface area contributed by atoms with Gasteiger partial charge in [0.2, 0.25) is 0 Å². The molecule has 254 valence electrons. The summed E-state index contributed by atoms with van der Waals surface area (Å²) in [5.41, 5.74) is 0.0333. The van der Waals surface area contributed by atoms with Crippen LogP contribution >= 0.6 is 0 Å². The number of benzene rings is 1. The Morgan fingerprint density at radius 1 is 1.22 bits per heavy atom. The van der Waals surface area contributed by atoms with Crippen LogP contribution in [0.2, 0.25) is 0 Å². The standard InChI is InChI=1S/C34H50N4O8/c1-22-16-25(17-24-8-11-35-28(22)24)29(40)36-19-26(39)18-27-7-6-23(2)34(45-27,30(41)42)10-13-38-14-15-44-21-33(38)9-12-37(20-33)31(43)46-32(3,4)5/h8,11,16-17,23,26-27,35,39H,6-7,9-10,12-15,18-21H2,1-5H3,(H,36,40)(H,41,42)/t23-,26+,27+,33-,34+/m0/s1. The maximum atomic E-state index is 12.9. The fourth-order valence-electron chi connectivity index (χ4n) is 7.30. The lowest BCUT2D eigenvalue weighted by molar-refractivity contribution is -0.204. The first-order valence-corrected chi connectivity index (χ1v) is 16.5. The second-order valence-corrected chi connectivity index (χ2v) is 14.4. The minimum atomic E-state index is -1.42. The number of nitrogens with one attached hydrogen (secondary N) is 2. The molecule has 2 aromatic rings. The summed E-state index contributed by atoms with van der Waals surface area (Å²) in [6.45, 7) is 12.5. The van der Waals surface area contributed by atoms with E-state index in [1.807, 2.05) is 59.0 Å². The number of hydrogen-bond acceptors (Lipinski definition) is 8. The molecule has 12 nitrogen and oxygen atoms in total. The van der Waals surface area contributed by atoms with Crippen LogP contribution in [0.25, 0.3) is 10.9 Å². The van der Waals surface area contributed by atoms with Crippen molar-refractivity contribution in [2.45, 2.75) is 95.7 Å². The number of ether oxygens (including phenoxy) is 3. The number of amides is 2. The highest BCUT2D eigenvalue weighted by Crippen LogP contribution is 2.40. The van der Waals surface area contributed by atoms with Gasteiger partial charge in [0, 0.05) is 68.2 Å². The number of H-pyrrole nitrogens is 1. The van der Waals surface area contributed by atoms with Crippen LogP contribution in [0.5, 0.6) is 0 Å². The van der Waals surface area contributed by atoms with E-state index in [0.717, 1.165) is 16.5 Å². The molecule has 1 aromatic carbocycles. The van der Waals surface area contributed by atoms with Crippen molar-refractivity contribution in [3.63, 3.8) is 0 Å². The highest BCUT2D eigenvalue weighted by Gasteiger charge is 2.52. The van der Waals surface area contributed by atoms with Crippen molar-refractivity contribution in [2.24, 2.45) is 5.92 Å². The molecule has 0 unspecified atom stereocenters. The third-order valence-corrected chi connectivity index (χ3v) is 9.89. The van der Waals surface area contributed by atoms with Gasteiger partial charge in [-0.25, -0.2) is 9.59 Å². The minimum absolute atomic E-state index is 0.0307. The summed E-state index contributed by atoms with van der Waals surface area (Å²) in [6.07, 6.45) is 2.57. The van der Waals surface area contributed by atoms with Crippen molar-refractivity contribution in [3.05, 3.63) is 35.5 Å². The molecule has 4 heterocycles. The molecule has 2 amide bonds. The number of aliphatic hydroxyl groups is 1. The second kappa shape index (κ2) is 13.5. The number of hydrogen-bond donors (Lipinski definition) is 4. The van der Waals surface area contributed by atoms with Gasteiger partial charge in [0.1, 0.15) is 5.60 Å². The summed E-state index contributed by atoms with van der Waals surface area (Å²) in [7, 11) is 0. The van der Waals surface area contributed by atoms with Gasteiger partial charge in [0.25, 0.3) is 5.91 Å². The van der Waals surface area contributed by atoms with E-state index in [1.165, 1.54) is 0 Å². The molecule has 1 spiro atoms. The Morgan fingerprint density at radius 3 is 2.74 bits per heavy atom. The molecule has 5 atom stereocenters. The lowest BCUT2D eigenvalue weighted by Gasteiger charge is -2.48. The number of likely N-dealkylation sites (tertiary alicyclic amines) is 1. The molecule has 0 bridgehead atoms. The Kier molecular flexibility index (Phi) is 10.0. The van der Waals surface area contributed by atoms with E-state index in [4.69, 9.17) is 14.2 Å². The number of fused-ring (bicyclic) bond motifs is 1. The highest BCUT2D eigenvalue weighted by atomic mass is 16.6. The topological polar surface area (TPSA) is 154 Å². The molecule has 0 saturated carbocycles. The Morgan fingerprint density at radius 2 is 2.00 bits per heavy atom. The number of carbonyl (C=O) groups excluding carboxylic acids is 2. The van der Waals surface area contributed by atoms with E-state index >= 15 is 0 Å². The van der Waals surface area contributed by atoms with E-state index in [0.29, 0.717) is 64.2 Å². The Balaban J connectivity index is 1.19. The Bertz CT molecular complexity index is 1420. The molecule has 4 N–H and O–H groups in total. The number of aromatic nitrogens is 1. The molecule has 0 aliphatic carbocycles. The summed E-state index contributed by atoms with van der Waals surface area (Å²) in [6, 6.07) is 5.54. The van der Waals surface area contributed by atoms with Crippen molar-refractivity contribution >= 4 is 28.9 Å².